The molecule has 0 aliphatic heterocycles. The number of pyridine rings is 2. The number of nitrogens with zero attached hydrogens (tertiary/aromatic N) is 2. The predicted octanol–water partition coefficient (Wildman–Crippen LogP) is 1.86. The summed E-state index contributed by atoms with van der Waals surface area (Å²) in [6.07, 6.45) is 2.47. The van der Waals surface area contributed by atoms with Crippen molar-refractivity contribution in [1.82, 2.24) is 9.97 Å². The molecule has 0 amide bonds. The van der Waals surface area contributed by atoms with Gasteiger partial charge < -0.3 is 4.74 Å². The van der Waals surface area contributed by atoms with E-state index in [1.165, 1.54) is 25.4 Å². The Morgan fingerprint density at radius 3 is 2.76 bits per heavy atom. The molecule has 0 bridgehead atoms. The van der Waals surface area contributed by atoms with E-state index in [0.29, 0.717) is 5.75 Å². The highest BCUT2D eigenvalue weighted by Crippen LogP contribution is 2.17. The standard InChI is InChI=1S/C12H9FN2O2/c1-17-10-3-2-6-14-11(10)12(16)9-5-4-8(13)7-15-9/h2-7H,1H3. The zero-order valence-electron chi connectivity index (χ0n) is 9.05. The molecule has 0 radical (unpaired) electrons. The molecule has 17 heavy (non-hydrogen) atoms. The van der Waals surface area contributed by atoms with E-state index in [1.54, 1.807) is 12.1 Å². The molecule has 0 aliphatic rings. The van der Waals surface area contributed by atoms with E-state index in [0.717, 1.165) is 6.20 Å². The van der Waals surface area contributed by atoms with E-state index in [1.807, 2.05) is 0 Å². The summed E-state index contributed by atoms with van der Waals surface area (Å²) >= 11 is 0. The Balaban J connectivity index is 2.40. The average Bonchev–Trinajstić information content (AvgIpc) is 2.39. The van der Waals surface area contributed by atoms with Crippen molar-refractivity contribution >= 4 is 5.78 Å². The highest BCUT2D eigenvalue weighted by molar-refractivity contribution is 6.08. The van der Waals surface area contributed by atoms with Crippen LogP contribution in [0.15, 0.2) is 36.7 Å². The third-order valence-electron chi connectivity index (χ3n) is 2.17. The van der Waals surface area contributed by atoms with Gasteiger partial charge in [-0.3, -0.25) is 4.79 Å². The second kappa shape index (κ2) is 4.69. The molecular weight excluding hydrogens is 223 g/mol. The van der Waals surface area contributed by atoms with Gasteiger partial charge in [0.25, 0.3) is 0 Å². The largest absolute Gasteiger partial charge is 0.494 e. The number of carbonyl (C=O) groups is 1. The zero-order valence-corrected chi connectivity index (χ0v) is 9.05. The van der Waals surface area contributed by atoms with Gasteiger partial charge in [-0.25, -0.2) is 14.4 Å². The fraction of sp³-hybridized carbons (Fsp3) is 0.0833. The van der Waals surface area contributed by atoms with Crippen LogP contribution >= 0.6 is 0 Å². The predicted molar refractivity (Wildman–Crippen MR) is 58.4 cm³/mol. The summed E-state index contributed by atoms with van der Waals surface area (Å²) in [4.78, 5) is 19.7. The third-order valence-corrected chi connectivity index (χ3v) is 2.17. The van der Waals surface area contributed by atoms with Gasteiger partial charge in [-0.05, 0) is 24.3 Å². The molecule has 0 saturated heterocycles. The van der Waals surface area contributed by atoms with Crippen LogP contribution in [0.2, 0.25) is 0 Å². The van der Waals surface area contributed by atoms with Crippen LogP contribution < -0.4 is 4.74 Å². The van der Waals surface area contributed by atoms with Gasteiger partial charge in [0.05, 0.1) is 13.3 Å². The molecule has 0 saturated carbocycles. The van der Waals surface area contributed by atoms with Gasteiger partial charge in [-0.1, -0.05) is 0 Å². The van der Waals surface area contributed by atoms with Crippen LogP contribution in [0.5, 0.6) is 5.75 Å². The Morgan fingerprint density at radius 1 is 1.29 bits per heavy atom. The number of aromatic nitrogens is 2. The maximum absolute atomic E-state index is 12.7. The average molecular weight is 232 g/mol. The first-order valence-electron chi connectivity index (χ1n) is 4.87. The molecule has 0 aliphatic carbocycles. The molecule has 86 valence electrons. The van der Waals surface area contributed by atoms with Gasteiger partial charge in [-0.2, -0.15) is 0 Å². The second-order valence-corrected chi connectivity index (χ2v) is 3.25. The number of ketones is 1. The van der Waals surface area contributed by atoms with Gasteiger partial charge in [0.15, 0.2) is 5.69 Å². The lowest BCUT2D eigenvalue weighted by Gasteiger charge is -2.05. The lowest BCUT2D eigenvalue weighted by Crippen LogP contribution is -2.08. The van der Waals surface area contributed by atoms with Crippen molar-refractivity contribution in [3.63, 3.8) is 0 Å². The molecule has 0 fully saturated rings. The molecule has 2 aromatic rings. The SMILES string of the molecule is COc1cccnc1C(=O)c1ccc(F)cn1. The van der Waals surface area contributed by atoms with Crippen molar-refractivity contribution in [3.8, 4) is 5.75 Å². The van der Waals surface area contributed by atoms with E-state index in [4.69, 9.17) is 4.74 Å². The van der Waals surface area contributed by atoms with Crippen LogP contribution in [-0.2, 0) is 0 Å². The van der Waals surface area contributed by atoms with Crippen LogP contribution in [0.3, 0.4) is 0 Å². The van der Waals surface area contributed by atoms with E-state index >= 15 is 0 Å². The van der Waals surface area contributed by atoms with Crippen molar-refractivity contribution in [2.24, 2.45) is 0 Å². The number of hydrogen-bond donors (Lipinski definition) is 0. The fourth-order valence-electron chi connectivity index (χ4n) is 1.36. The first kappa shape index (κ1) is 11.2. The van der Waals surface area contributed by atoms with Crippen molar-refractivity contribution in [1.29, 1.82) is 0 Å². The molecule has 5 heteroatoms. The van der Waals surface area contributed by atoms with Gasteiger partial charge in [0, 0.05) is 6.20 Å². The van der Waals surface area contributed by atoms with E-state index in [9.17, 15) is 9.18 Å². The van der Waals surface area contributed by atoms with Crippen LogP contribution in [0.25, 0.3) is 0 Å². The van der Waals surface area contributed by atoms with Crippen molar-refractivity contribution in [3.05, 3.63) is 53.9 Å². The zero-order chi connectivity index (χ0) is 12.3. The lowest BCUT2D eigenvalue weighted by atomic mass is 10.1. The summed E-state index contributed by atoms with van der Waals surface area (Å²) in [5, 5.41) is 0. The number of ether oxygens (including phenoxy) is 1. The molecule has 2 aromatic heterocycles. The Labute approximate surface area is 97.1 Å². The lowest BCUT2D eigenvalue weighted by molar-refractivity contribution is 0.102. The van der Waals surface area contributed by atoms with Gasteiger partial charge in [0.2, 0.25) is 5.78 Å². The number of methoxy groups -OCH3 is 1. The van der Waals surface area contributed by atoms with Crippen LogP contribution in [0.4, 0.5) is 4.39 Å². The van der Waals surface area contributed by atoms with E-state index in [-0.39, 0.29) is 11.4 Å². The molecule has 0 N–H and O–H groups in total. The summed E-state index contributed by atoms with van der Waals surface area (Å²) in [6, 6.07) is 5.78. The van der Waals surface area contributed by atoms with Crippen LogP contribution in [0, 0.1) is 5.82 Å². The molecular formula is C12H9FN2O2. The van der Waals surface area contributed by atoms with Gasteiger partial charge >= 0.3 is 0 Å². The Bertz CT molecular complexity index is 540. The summed E-state index contributed by atoms with van der Waals surface area (Å²) in [5.41, 5.74) is 0.289. The van der Waals surface area contributed by atoms with Crippen LogP contribution in [0.1, 0.15) is 16.2 Å². The smallest absolute Gasteiger partial charge is 0.233 e. The Hall–Kier alpha value is -2.30. The molecule has 0 spiro atoms. The normalized spacial score (nSPS) is 10.0. The Morgan fingerprint density at radius 2 is 2.12 bits per heavy atom. The summed E-state index contributed by atoms with van der Waals surface area (Å²) in [6.45, 7) is 0. The summed E-state index contributed by atoms with van der Waals surface area (Å²) in [5.74, 6) is -0.527. The minimum absolute atomic E-state index is 0.128. The number of hydrogen-bond acceptors (Lipinski definition) is 4. The minimum atomic E-state index is -0.491. The second-order valence-electron chi connectivity index (χ2n) is 3.25. The molecule has 0 atom stereocenters. The third kappa shape index (κ3) is 2.28. The molecule has 4 nitrogen and oxygen atoms in total. The quantitative estimate of drug-likeness (QED) is 0.758. The van der Waals surface area contributed by atoms with E-state index < -0.39 is 11.6 Å². The first-order valence-corrected chi connectivity index (χ1v) is 4.87. The number of carbonyl (C=O) groups excluding carboxylic acids is 1. The van der Waals surface area contributed by atoms with Crippen molar-refractivity contribution in [2.45, 2.75) is 0 Å². The van der Waals surface area contributed by atoms with E-state index in [2.05, 4.69) is 9.97 Å². The fourth-order valence-corrected chi connectivity index (χ4v) is 1.36. The summed E-state index contributed by atoms with van der Waals surface area (Å²) < 4.78 is 17.7. The molecule has 0 unspecified atom stereocenters. The summed E-state index contributed by atoms with van der Waals surface area (Å²) in [7, 11) is 1.45. The topological polar surface area (TPSA) is 52.1 Å². The van der Waals surface area contributed by atoms with Gasteiger partial charge in [-0.15, -0.1) is 0 Å². The van der Waals surface area contributed by atoms with Crippen molar-refractivity contribution < 1.29 is 13.9 Å². The monoisotopic (exact) mass is 232 g/mol. The highest BCUT2D eigenvalue weighted by Gasteiger charge is 2.16. The van der Waals surface area contributed by atoms with Crippen molar-refractivity contribution in [2.75, 3.05) is 7.11 Å². The number of halogens is 1. The Kier molecular flexibility index (Phi) is 3.09. The molecule has 2 rings (SSSR count). The maximum Gasteiger partial charge on any atom is 0.233 e. The maximum atomic E-state index is 12.7. The molecule has 0 aromatic carbocycles. The van der Waals surface area contributed by atoms with Crippen LogP contribution in [-0.4, -0.2) is 22.9 Å². The van der Waals surface area contributed by atoms with Gasteiger partial charge in [0.1, 0.15) is 17.3 Å². The minimum Gasteiger partial charge on any atom is -0.494 e. The molecule has 2 heterocycles. The highest BCUT2D eigenvalue weighted by atomic mass is 19.1. The first-order chi connectivity index (χ1) is 8.22. The number of rotatable bonds is 3.